The predicted octanol–water partition coefficient (Wildman–Crippen LogP) is 2.00. The van der Waals surface area contributed by atoms with Gasteiger partial charge in [0.05, 0.1) is 0 Å². The number of nitrogens with zero attached hydrogens (tertiary/aromatic N) is 2. The summed E-state index contributed by atoms with van der Waals surface area (Å²) >= 11 is 0. The van der Waals surface area contributed by atoms with Crippen molar-refractivity contribution in [2.24, 2.45) is 0 Å². The summed E-state index contributed by atoms with van der Waals surface area (Å²) in [4.78, 5) is 17.2. The Bertz CT molecular complexity index is 767. The molecule has 4 rings (SSSR count). The van der Waals surface area contributed by atoms with Crippen molar-refractivity contribution in [3.63, 3.8) is 0 Å². The van der Waals surface area contributed by atoms with E-state index < -0.39 is 0 Å². The summed E-state index contributed by atoms with van der Waals surface area (Å²) < 4.78 is 19.2. The molecule has 0 radical (unpaired) electrons. The Hall–Kier alpha value is -1.92. The third-order valence-corrected chi connectivity index (χ3v) is 5.21. The number of fused-ring (bicyclic) bond motifs is 1. The maximum Gasteiger partial charge on any atom is 0.289 e. The maximum atomic E-state index is 13.4. The molecular weight excluding hydrogens is 309 g/mol. The molecule has 2 aromatic rings. The zero-order valence-corrected chi connectivity index (χ0v) is 13.8. The van der Waals surface area contributed by atoms with Crippen LogP contribution in [0.2, 0.25) is 0 Å². The van der Waals surface area contributed by atoms with E-state index in [1.54, 1.807) is 6.07 Å². The molecule has 128 valence electrons. The van der Waals surface area contributed by atoms with Crippen LogP contribution in [0.15, 0.2) is 22.6 Å². The van der Waals surface area contributed by atoms with Crippen molar-refractivity contribution < 1.29 is 13.6 Å². The lowest BCUT2D eigenvalue weighted by atomic mass is 10.1. The van der Waals surface area contributed by atoms with Gasteiger partial charge in [-0.1, -0.05) is 0 Å². The Morgan fingerprint density at radius 1 is 1.29 bits per heavy atom. The SMILES string of the molecule is Cc1c(C(=O)N2CCC(N3CCNCC3)C2)oc2ccc(F)cc12. The summed E-state index contributed by atoms with van der Waals surface area (Å²) in [6.45, 7) is 7.41. The van der Waals surface area contributed by atoms with E-state index in [-0.39, 0.29) is 11.7 Å². The number of hydrogen-bond acceptors (Lipinski definition) is 4. The summed E-state index contributed by atoms with van der Waals surface area (Å²) in [5.41, 5.74) is 1.29. The van der Waals surface area contributed by atoms with E-state index in [2.05, 4.69) is 10.2 Å². The number of carbonyl (C=O) groups excluding carboxylic acids is 1. The minimum atomic E-state index is -0.314. The number of benzene rings is 1. The number of aryl methyl sites for hydroxylation is 1. The monoisotopic (exact) mass is 331 g/mol. The van der Waals surface area contributed by atoms with Gasteiger partial charge in [0, 0.05) is 56.3 Å². The number of furan rings is 1. The van der Waals surface area contributed by atoms with Crippen LogP contribution in [-0.4, -0.2) is 61.0 Å². The molecule has 0 aliphatic carbocycles. The number of nitrogens with one attached hydrogen (secondary N) is 1. The van der Waals surface area contributed by atoms with E-state index in [1.165, 1.54) is 12.1 Å². The first-order valence-electron chi connectivity index (χ1n) is 8.56. The molecule has 6 heteroatoms. The number of carbonyl (C=O) groups is 1. The Balaban J connectivity index is 1.53. The van der Waals surface area contributed by atoms with Crippen molar-refractivity contribution in [3.05, 3.63) is 35.3 Å². The maximum absolute atomic E-state index is 13.4. The summed E-state index contributed by atoms with van der Waals surface area (Å²) in [7, 11) is 0. The van der Waals surface area contributed by atoms with Crippen LogP contribution in [0.5, 0.6) is 0 Å². The highest BCUT2D eigenvalue weighted by atomic mass is 19.1. The summed E-state index contributed by atoms with van der Waals surface area (Å²) in [5.74, 6) is -0.0522. The van der Waals surface area contributed by atoms with Crippen LogP contribution in [0.25, 0.3) is 11.0 Å². The highest BCUT2D eigenvalue weighted by Crippen LogP contribution is 2.28. The Kier molecular flexibility index (Phi) is 4.02. The second-order valence-electron chi connectivity index (χ2n) is 6.68. The quantitative estimate of drug-likeness (QED) is 0.914. The van der Waals surface area contributed by atoms with Gasteiger partial charge in [0.25, 0.3) is 5.91 Å². The second kappa shape index (κ2) is 6.18. The molecule has 1 N–H and O–H groups in total. The lowest BCUT2D eigenvalue weighted by molar-refractivity contribution is 0.0743. The Morgan fingerprint density at radius 2 is 2.08 bits per heavy atom. The van der Waals surface area contributed by atoms with Crippen LogP contribution < -0.4 is 5.32 Å². The molecular formula is C18H22FN3O2. The standard InChI is InChI=1S/C18H22FN3O2/c1-12-15-10-13(19)2-3-16(15)24-17(12)18(23)22-7-4-14(11-22)21-8-5-20-6-9-21/h2-3,10,14,20H,4-9,11H2,1H3. The molecule has 3 heterocycles. The molecule has 1 amide bonds. The van der Waals surface area contributed by atoms with Gasteiger partial charge in [-0.05, 0) is 31.5 Å². The largest absolute Gasteiger partial charge is 0.451 e. The molecule has 2 saturated heterocycles. The molecule has 1 unspecified atom stereocenters. The minimum Gasteiger partial charge on any atom is -0.451 e. The van der Waals surface area contributed by atoms with E-state index in [0.717, 1.165) is 51.3 Å². The fourth-order valence-corrected chi connectivity index (χ4v) is 3.81. The first-order chi connectivity index (χ1) is 11.6. The molecule has 0 spiro atoms. The van der Waals surface area contributed by atoms with Crippen LogP contribution in [0, 0.1) is 12.7 Å². The van der Waals surface area contributed by atoms with E-state index in [1.807, 2.05) is 11.8 Å². The van der Waals surface area contributed by atoms with Crippen molar-refractivity contribution in [3.8, 4) is 0 Å². The predicted molar refractivity (Wildman–Crippen MR) is 89.7 cm³/mol. The third kappa shape index (κ3) is 2.70. The average molecular weight is 331 g/mol. The van der Waals surface area contributed by atoms with Gasteiger partial charge in [-0.25, -0.2) is 4.39 Å². The molecule has 0 bridgehead atoms. The Morgan fingerprint density at radius 3 is 2.88 bits per heavy atom. The zero-order chi connectivity index (χ0) is 16.7. The summed E-state index contributed by atoms with van der Waals surface area (Å²) in [6.07, 6.45) is 1.000. The number of rotatable bonds is 2. The lowest BCUT2D eigenvalue weighted by Gasteiger charge is -2.32. The van der Waals surface area contributed by atoms with Gasteiger partial charge in [0.1, 0.15) is 11.4 Å². The molecule has 1 aromatic heterocycles. The fraction of sp³-hybridized carbons (Fsp3) is 0.500. The molecule has 24 heavy (non-hydrogen) atoms. The highest BCUT2D eigenvalue weighted by Gasteiger charge is 2.33. The van der Waals surface area contributed by atoms with Gasteiger partial charge < -0.3 is 14.6 Å². The van der Waals surface area contributed by atoms with Crippen molar-refractivity contribution in [1.29, 1.82) is 0 Å². The topological polar surface area (TPSA) is 48.7 Å². The lowest BCUT2D eigenvalue weighted by Crippen LogP contribution is -2.49. The van der Waals surface area contributed by atoms with Crippen LogP contribution in [0.1, 0.15) is 22.5 Å². The molecule has 2 aliphatic rings. The molecule has 0 saturated carbocycles. The van der Waals surface area contributed by atoms with Gasteiger partial charge >= 0.3 is 0 Å². The van der Waals surface area contributed by atoms with Crippen molar-refractivity contribution in [2.45, 2.75) is 19.4 Å². The van der Waals surface area contributed by atoms with Crippen LogP contribution >= 0.6 is 0 Å². The van der Waals surface area contributed by atoms with Gasteiger partial charge in [0.2, 0.25) is 0 Å². The van der Waals surface area contributed by atoms with Crippen molar-refractivity contribution in [1.82, 2.24) is 15.1 Å². The van der Waals surface area contributed by atoms with Gasteiger partial charge in [-0.15, -0.1) is 0 Å². The van der Waals surface area contributed by atoms with E-state index >= 15 is 0 Å². The molecule has 1 aromatic carbocycles. The number of piperazine rings is 1. The molecule has 5 nitrogen and oxygen atoms in total. The first-order valence-corrected chi connectivity index (χ1v) is 8.56. The number of hydrogen-bond donors (Lipinski definition) is 1. The van der Waals surface area contributed by atoms with Gasteiger partial charge in [0.15, 0.2) is 5.76 Å². The smallest absolute Gasteiger partial charge is 0.289 e. The zero-order valence-electron chi connectivity index (χ0n) is 13.8. The third-order valence-electron chi connectivity index (χ3n) is 5.21. The molecule has 2 fully saturated rings. The van der Waals surface area contributed by atoms with Crippen LogP contribution in [0.4, 0.5) is 4.39 Å². The van der Waals surface area contributed by atoms with Crippen molar-refractivity contribution in [2.75, 3.05) is 39.3 Å². The Labute approximate surface area is 140 Å². The summed E-state index contributed by atoms with van der Waals surface area (Å²) in [5, 5.41) is 4.03. The number of halogens is 1. The van der Waals surface area contributed by atoms with Gasteiger partial charge in [-0.2, -0.15) is 0 Å². The molecule has 2 aliphatic heterocycles. The minimum absolute atomic E-state index is 0.0817. The fourth-order valence-electron chi connectivity index (χ4n) is 3.81. The van der Waals surface area contributed by atoms with E-state index in [9.17, 15) is 9.18 Å². The summed E-state index contributed by atoms with van der Waals surface area (Å²) in [6, 6.07) is 4.80. The second-order valence-corrected chi connectivity index (χ2v) is 6.68. The normalized spacial score (nSPS) is 22.4. The van der Waals surface area contributed by atoms with Crippen LogP contribution in [0.3, 0.4) is 0 Å². The molecule has 1 atom stereocenters. The van der Waals surface area contributed by atoms with E-state index in [0.29, 0.717) is 22.8 Å². The number of amides is 1. The van der Waals surface area contributed by atoms with E-state index in [4.69, 9.17) is 4.42 Å². The highest BCUT2D eigenvalue weighted by molar-refractivity contribution is 5.99. The first kappa shape index (κ1) is 15.6. The van der Waals surface area contributed by atoms with Crippen LogP contribution in [-0.2, 0) is 0 Å². The number of likely N-dealkylation sites (tertiary alicyclic amines) is 1. The van der Waals surface area contributed by atoms with Crippen molar-refractivity contribution >= 4 is 16.9 Å². The average Bonchev–Trinajstić information content (AvgIpc) is 3.21. The van der Waals surface area contributed by atoms with Gasteiger partial charge in [-0.3, -0.25) is 9.69 Å².